The van der Waals surface area contributed by atoms with Crippen LogP contribution in [0.1, 0.15) is 30.1 Å². The summed E-state index contributed by atoms with van der Waals surface area (Å²) in [5, 5.41) is 3.04. The molecule has 4 rings (SSSR count). The van der Waals surface area contributed by atoms with Crippen LogP contribution in [0.2, 0.25) is 0 Å². The van der Waals surface area contributed by atoms with Crippen LogP contribution in [0.5, 0.6) is 0 Å². The van der Waals surface area contributed by atoms with E-state index >= 15 is 0 Å². The Bertz CT molecular complexity index is 1320. The Morgan fingerprint density at radius 2 is 1.64 bits per heavy atom. The Balaban J connectivity index is 1.54. The van der Waals surface area contributed by atoms with Crippen LogP contribution in [0.3, 0.4) is 0 Å². The van der Waals surface area contributed by atoms with Crippen LogP contribution in [-0.2, 0) is 26.0 Å². The number of nitrogens with zero attached hydrogens (tertiary/aromatic N) is 2. The van der Waals surface area contributed by atoms with E-state index in [1.165, 1.54) is 13.1 Å². The summed E-state index contributed by atoms with van der Waals surface area (Å²) in [6.45, 7) is 2.92. The Kier molecular flexibility index (Phi) is 6.33. The van der Waals surface area contributed by atoms with Crippen molar-refractivity contribution in [1.29, 1.82) is 0 Å². The molecule has 33 heavy (non-hydrogen) atoms. The van der Waals surface area contributed by atoms with Crippen LogP contribution in [0, 0.1) is 0 Å². The minimum Gasteiger partial charge on any atom is -0.341 e. The number of para-hydroxylation sites is 1. The number of amides is 2. The smallest absolute Gasteiger partial charge is 0.242 e. The molecule has 1 aromatic heterocycles. The minimum absolute atomic E-state index is 0.0226. The number of anilines is 1. The average Bonchev–Trinajstić information content (AvgIpc) is 3.43. The normalized spacial score (nSPS) is 13.9. The molecule has 2 heterocycles. The van der Waals surface area contributed by atoms with Gasteiger partial charge in [-0.2, -0.15) is 0 Å². The maximum atomic E-state index is 13.1. The van der Waals surface area contributed by atoms with Gasteiger partial charge >= 0.3 is 0 Å². The molecule has 0 spiro atoms. The summed E-state index contributed by atoms with van der Waals surface area (Å²) in [6.07, 6.45) is 3.40. The molecule has 0 bridgehead atoms. The zero-order chi connectivity index (χ0) is 23.6. The first kappa shape index (κ1) is 22.7. The lowest BCUT2D eigenvalue weighted by atomic mass is 10.1. The van der Waals surface area contributed by atoms with Crippen molar-refractivity contribution in [2.45, 2.75) is 31.2 Å². The number of benzene rings is 2. The van der Waals surface area contributed by atoms with E-state index in [2.05, 4.69) is 5.32 Å². The number of aromatic nitrogens is 1. The molecular formula is C24H25N3O5S. The van der Waals surface area contributed by atoms with E-state index in [0.29, 0.717) is 22.2 Å². The third-order valence-electron chi connectivity index (χ3n) is 5.75. The molecule has 0 unspecified atom stereocenters. The molecule has 1 aliphatic rings. The zero-order valence-corrected chi connectivity index (χ0v) is 19.1. The minimum atomic E-state index is -3.97. The maximum absolute atomic E-state index is 13.1. The molecule has 0 radical (unpaired) electrons. The first-order chi connectivity index (χ1) is 15.7. The topological polar surface area (TPSA) is 106 Å². The molecule has 2 aromatic carbocycles. The monoisotopic (exact) mass is 467 g/mol. The molecule has 0 atom stereocenters. The van der Waals surface area contributed by atoms with Crippen LogP contribution in [0.25, 0.3) is 10.9 Å². The SMILES string of the molecule is CC(=O)c1ccc(NC(=O)CS(=O)(=O)c2cn(CC(=O)N3CCCC3)c3ccccc23)cc1. The fourth-order valence-electron chi connectivity index (χ4n) is 4.04. The van der Waals surface area contributed by atoms with Gasteiger partial charge in [0, 0.05) is 41.4 Å². The number of ketones is 1. The highest BCUT2D eigenvalue weighted by Crippen LogP contribution is 2.27. The summed E-state index contributed by atoms with van der Waals surface area (Å²) in [6, 6.07) is 13.2. The molecule has 3 aromatic rings. The number of nitrogens with one attached hydrogen (secondary N) is 1. The summed E-state index contributed by atoms with van der Waals surface area (Å²) < 4.78 is 27.9. The number of carbonyl (C=O) groups excluding carboxylic acids is 3. The van der Waals surface area contributed by atoms with Crippen molar-refractivity contribution in [3.8, 4) is 0 Å². The summed E-state index contributed by atoms with van der Waals surface area (Å²) in [5.74, 6) is -1.58. The van der Waals surface area contributed by atoms with E-state index < -0.39 is 21.5 Å². The van der Waals surface area contributed by atoms with Gasteiger partial charge in [0.2, 0.25) is 11.8 Å². The van der Waals surface area contributed by atoms with E-state index in [-0.39, 0.29) is 23.1 Å². The molecule has 1 fully saturated rings. The van der Waals surface area contributed by atoms with Gasteiger partial charge < -0.3 is 14.8 Å². The van der Waals surface area contributed by atoms with Crippen molar-refractivity contribution in [1.82, 2.24) is 9.47 Å². The summed E-state index contributed by atoms with van der Waals surface area (Å²) in [4.78, 5) is 38.3. The second kappa shape index (κ2) is 9.19. The van der Waals surface area contributed by atoms with Crippen molar-refractivity contribution >= 4 is 44.0 Å². The maximum Gasteiger partial charge on any atom is 0.242 e. The summed E-state index contributed by atoms with van der Waals surface area (Å²) in [7, 11) is -3.97. The van der Waals surface area contributed by atoms with Crippen LogP contribution in [0.4, 0.5) is 5.69 Å². The quantitative estimate of drug-likeness (QED) is 0.538. The number of Topliss-reactive ketones (excluding diaryl/α,β-unsaturated/α-hetero) is 1. The van der Waals surface area contributed by atoms with Crippen molar-refractivity contribution in [2.24, 2.45) is 0 Å². The van der Waals surface area contributed by atoms with Crippen molar-refractivity contribution in [3.05, 3.63) is 60.3 Å². The van der Waals surface area contributed by atoms with Gasteiger partial charge in [0.15, 0.2) is 15.6 Å². The van der Waals surface area contributed by atoms with E-state index in [9.17, 15) is 22.8 Å². The fourth-order valence-corrected chi connectivity index (χ4v) is 5.41. The number of hydrogen-bond donors (Lipinski definition) is 1. The highest BCUT2D eigenvalue weighted by molar-refractivity contribution is 7.92. The highest BCUT2D eigenvalue weighted by atomic mass is 32.2. The number of fused-ring (bicyclic) bond motifs is 1. The van der Waals surface area contributed by atoms with Gasteiger partial charge in [-0.3, -0.25) is 14.4 Å². The van der Waals surface area contributed by atoms with Gasteiger partial charge in [0.1, 0.15) is 12.3 Å². The van der Waals surface area contributed by atoms with Gasteiger partial charge in [0.25, 0.3) is 0 Å². The number of likely N-dealkylation sites (tertiary alicyclic amines) is 1. The van der Waals surface area contributed by atoms with Gasteiger partial charge in [-0.25, -0.2) is 8.42 Å². The predicted octanol–water partition coefficient (Wildman–Crippen LogP) is 2.88. The molecule has 172 valence electrons. The van der Waals surface area contributed by atoms with E-state index in [0.717, 1.165) is 25.9 Å². The largest absolute Gasteiger partial charge is 0.341 e. The molecule has 1 saturated heterocycles. The van der Waals surface area contributed by atoms with Crippen LogP contribution >= 0.6 is 0 Å². The van der Waals surface area contributed by atoms with Gasteiger partial charge in [-0.1, -0.05) is 18.2 Å². The average molecular weight is 468 g/mol. The van der Waals surface area contributed by atoms with Crippen LogP contribution in [0.15, 0.2) is 59.6 Å². The molecular weight excluding hydrogens is 442 g/mol. The second-order valence-electron chi connectivity index (χ2n) is 8.17. The third-order valence-corrected chi connectivity index (χ3v) is 7.39. The number of rotatable bonds is 7. The van der Waals surface area contributed by atoms with Gasteiger partial charge in [-0.05, 0) is 50.1 Å². The van der Waals surface area contributed by atoms with Crippen LogP contribution < -0.4 is 5.32 Å². The predicted molar refractivity (Wildman–Crippen MR) is 125 cm³/mol. The highest BCUT2D eigenvalue weighted by Gasteiger charge is 2.26. The van der Waals surface area contributed by atoms with Gasteiger partial charge in [0.05, 0.1) is 4.90 Å². The van der Waals surface area contributed by atoms with Crippen molar-refractivity contribution in [3.63, 3.8) is 0 Å². The zero-order valence-electron chi connectivity index (χ0n) is 18.3. The van der Waals surface area contributed by atoms with Gasteiger partial charge in [-0.15, -0.1) is 0 Å². The van der Waals surface area contributed by atoms with E-state index in [1.54, 1.807) is 58.0 Å². The molecule has 1 aliphatic heterocycles. The molecule has 9 heteroatoms. The molecule has 8 nitrogen and oxygen atoms in total. The van der Waals surface area contributed by atoms with E-state index in [1.807, 2.05) is 0 Å². The molecule has 0 aliphatic carbocycles. The fraction of sp³-hybridized carbons (Fsp3) is 0.292. The Morgan fingerprint density at radius 3 is 2.30 bits per heavy atom. The summed E-state index contributed by atoms with van der Waals surface area (Å²) >= 11 is 0. The van der Waals surface area contributed by atoms with Crippen molar-refractivity contribution < 1.29 is 22.8 Å². The Morgan fingerprint density at radius 1 is 0.970 bits per heavy atom. The lowest BCUT2D eigenvalue weighted by Gasteiger charge is -2.15. The number of carbonyl (C=O) groups is 3. The first-order valence-electron chi connectivity index (χ1n) is 10.7. The Labute approximate surface area is 192 Å². The standard InChI is InChI=1S/C24H25N3O5S/c1-17(28)18-8-10-19(11-9-18)25-23(29)16-33(31,32)22-14-27(21-7-3-2-6-20(21)22)15-24(30)26-12-4-5-13-26/h2-3,6-11,14H,4-5,12-13,15-16H2,1H3,(H,25,29). The summed E-state index contributed by atoms with van der Waals surface area (Å²) in [5.41, 5.74) is 1.53. The molecule has 2 amide bonds. The number of hydrogen-bond acceptors (Lipinski definition) is 5. The third kappa shape index (κ3) is 4.98. The molecule has 1 N–H and O–H groups in total. The van der Waals surface area contributed by atoms with Crippen molar-refractivity contribution in [2.75, 3.05) is 24.2 Å². The number of sulfone groups is 1. The Hall–Kier alpha value is -3.46. The molecule has 0 saturated carbocycles. The van der Waals surface area contributed by atoms with Crippen LogP contribution in [-0.4, -0.2) is 54.3 Å². The van der Waals surface area contributed by atoms with E-state index in [4.69, 9.17) is 0 Å². The second-order valence-corrected chi connectivity index (χ2v) is 10.1. The lowest BCUT2D eigenvalue weighted by molar-refractivity contribution is -0.130. The lowest BCUT2D eigenvalue weighted by Crippen LogP contribution is -2.30. The first-order valence-corrected chi connectivity index (χ1v) is 12.4.